The van der Waals surface area contributed by atoms with E-state index in [1.54, 1.807) is 18.2 Å². The monoisotopic (exact) mass is 349 g/mol. The molecule has 1 aromatic rings. The summed E-state index contributed by atoms with van der Waals surface area (Å²) >= 11 is 0. The lowest BCUT2D eigenvalue weighted by molar-refractivity contribution is -0.122. The summed E-state index contributed by atoms with van der Waals surface area (Å²) in [5, 5.41) is 6.13. The second-order valence-corrected chi connectivity index (χ2v) is 8.27. The third kappa shape index (κ3) is 3.95. The Morgan fingerprint density at radius 1 is 1.33 bits per heavy atom. The van der Waals surface area contributed by atoms with Crippen LogP contribution in [0.1, 0.15) is 45.4 Å². The first kappa shape index (κ1) is 17.0. The van der Waals surface area contributed by atoms with E-state index in [2.05, 4.69) is 15.0 Å². The van der Waals surface area contributed by atoms with Gasteiger partial charge in [-0.05, 0) is 30.9 Å². The Bertz CT molecular complexity index is 752. The maximum atomic E-state index is 12.2. The van der Waals surface area contributed by atoms with Gasteiger partial charge in [0.2, 0.25) is 5.91 Å². The van der Waals surface area contributed by atoms with Crippen LogP contribution in [0.2, 0.25) is 0 Å². The molecule has 1 amide bonds. The van der Waals surface area contributed by atoms with Gasteiger partial charge in [0, 0.05) is 18.9 Å². The smallest absolute Gasteiger partial charge is 0.286 e. The van der Waals surface area contributed by atoms with E-state index in [1.165, 1.54) is 18.9 Å². The Kier molecular flexibility index (Phi) is 4.89. The maximum Gasteiger partial charge on any atom is 0.286 e. The summed E-state index contributed by atoms with van der Waals surface area (Å²) in [6.07, 6.45) is 5.27. The SMILES string of the molecule is CC(CC(=O)NC1CCCC1)CC1=NS(=O)(=O)c2ccccc2N1. The number of hydrogen-bond donors (Lipinski definition) is 2. The topological polar surface area (TPSA) is 87.6 Å². The van der Waals surface area contributed by atoms with E-state index < -0.39 is 10.0 Å². The number of nitrogens with one attached hydrogen (secondary N) is 2. The fourth-order valence-corrected chi connectivity index (χ4v) is 4.49. The van der Waals surface area contributed by atoms with E-state index in [9.17, 15) is 13.2 Å². The Morgan fingerprint density at radius 2 is 2.04 bits per heavy atom. The highest BCUT2D eigenvalue weighted by Crippen LogP contribution is 2.28. The first-order valence-electron chi connectivity index (χ1n) is 8.43. The molecular weight excluding hydrogens is 326 g/mol. The number of rotatable bonds is 5. The average molecular weight is 349 g/mol. The van der Waals surface area contributed by atoms with Crippen LogP contribution in [0.5, 0.6) is 0 Å². The highest BCUT2D eigenvalue weighted by molar-refractivity contribution is 7.90. The van der Waals surface area contributed by atoms with Crippen molar-refractivity contribution in [1.82, 2.24) is 5.32 Å². The molecule has 0 aromatic heterocycles. The number of anilines is 1. The molecule has 1 fully saturated rings. The summed E-state index contributed by atoms with van der Waals surface area (Å²) in [5.74, 6) is 0.446. The standard InChI is InChI=1S/C17H23N3O3S/c1-12(11-17(21)18-13-6-2-3-7-13)10-16-19-14-8-4-5-9-15(14)24(22,23)20-16/h4-5,8-9,12-13H,2-3,6-7,10-11H2,1H3,(H,18,21)(H,19,20). The van der Waals surface area contributed by atoms with Crippen molar-refractivity contribution in [2.24, 2.45) is 10.3 Å². The number of para-hydroxylation sites is 1. The highest BCUT2D eigenvalue weighted by Gasteiger charge is 2.25. The largest absolute Gasteiger partial charge is 0.353 e. The van der Waals surface area contributed by atoms with Crippen LogP contribution in [0.4, 0.5) is 5.69 Å². The minimum Gasteiger partial charge on any atom is -0.353 e. The summed E-state index contributed by atoms with van der Waals surface area (Å²) in [4.78, 5) is 12.3. The second-order valence-electron chi connectivity index (χ2n) is 6.70. The zero-order valence-corrected chi connectivity index (χ0v) is 14.6. The molecule has 1 atom stereocenters. The molecule has 2 N–H and O–H groups in total. The maximum absolute atomic E-state index is 12.2. The number of amidine groups is 1. The van der Waals surface area contributed by atoms with E-state index in [0.717, 1.165) is 12.8 Å². The lowest BCUT2D eigenvalue weighted by Gasteiger charge is -2.20. The van der Waals surface area contributed by atoms with Crippen molar-refractivity contribution < 1.29 is 13.2 Å². The molecule has 1 heterocycles. The van der Waals surface area contributed by atoms with Crippen LogP contribution in [0.15, 0.2) is 33.6 Å². The number of fused-ring (bicyclic) bond motifs is 1. The molecule has 0 saturated heterocycles. The van der Waals surface area contributed by atoms with Gasteiger partial charge in [-0.1, -0.05) is 31.9 Å². The molecule has 1 unspecified atom stereocenters. The number of benzene rings is 1. The molecule has 1 saturated carbocycles. The molecule has 1 aliphatic carbocycles. The Hall–Kier alpha value is -1.89. The van der Waals surface area contributed by atoms with Crippen LogP contribution in [-0.2, 0) is 14.8 Å². The average Bonchev–Trinajstić information content (AvgIpc) is 2.99. The number of carbonyl (C=O) groups is 1. The first-order valence-corrected chi connectivity index (χ1v) is 9.87. The van der Waals surface area contributed by atoms with Gasteiger partial charge in [-0.2, -0.15) is 8.42 Å². The minimum absolute atomic E-state index is 0.0121. The molecule has 3 rings (SSSR count). The first-order chi connectivity index (χ1) is 11.4. The molecule has 0 spiro atoms. The Balaban J connectivity index is 1.59. The van der Waals surface area contributed by atoms with Gasteiger partial charge in [0.15, 0.2) is 0 Å². The van der Waals surface area contributed by atoms with Gasteiger partial charge in [0.1, 0.15) is 10.7 Å². The fraction of sp³-hybridized carbons (Fsp3) is 0.529. The summed E-state index contributed by atoms with van der Waals surface area (Å²) in [5.41, 5.74) is 0.546. The molecule has 1 aromatic carbocycles. The zero-order valence-electron chi connectivity index (χ0n) is 13.8. The van der Waals surface area contributed by atoms with Crippen molar-refractivity contribution in [1.29, 1.82) is 0 Å². The predicted octanol–water partition coefficient (Wildman–Crippen LogP) is 2.67. The Morgan fingerprint density at radius 3 is 2.79 bits per heavy atom. The summed E-state index contributed by atoms with van der Waals surface area (Å²) in [6, 6.07) is 7.02. The van der Waals surface area contributed by atoms with Crippen LogP contribution in [0.3, 0.4) is 0 Å². The van der Waals surface area contributed by atoms with Gasteiger partial charge in [-0.3, -0.25) is 4.79 Å². The van der Waals surface area contributed by atoms with Crippen molar-refractivity contribution in [3.8, 4) is 0 Å². The molecule has 0 bridgehead atoms. The van der Waals surface area contributed by atoms with Crippen molar-refractivity contribution >= 4 is 27.5 Å². The quantitative estimate of drug-likeness (QED) is 0.855. The number of sulfonamides is 1. The van der Waals surface area contributed by atoms with E-state index >= 15 is 0 Å². The van der Waals surface area contributed by atoms with Crippen molar-refractivity contribution in [2.75, 3.05) is 5.32 Å². The van der Waals surface area contributed by atoms with Crippen LogP contribution >= 0.6 is 0 Å². The molecular formula is C17H23N3O3S. The van der Waals surface area contributed by atoms with Gasteiger partial charge in [0.05, 0.1) is 5.69 Å². The van der Waals surface area contributed by atoms with E-state index in [1.807, 2.05) is 6.92 Å². The second kappa shape index (κ2) is 6.93. The van der Waals surface area contributed by atoms with Gasteiger partial charge in [-0.15, -0.1) is 4.40 Å². The molecule has 24 heavy (non-hydrogen) atoms. The molecule has 6 nitrogen and oxygen atoms in total. The summed E-state index contributed by atoms with van der Waals surface area (Å²) < 4.78 is 28.3. The fourth-order valence-electron chi connectivity index (χ4n) is 3.33. The zero-order chi connectivity index (χ0) is 17.2. The number of amides is 1. The Labute approximate surface area is 142 Å². The molecule has 2 aliphatic rings. The van der Waals surface area contributed by atoms with Crippen molar-refractivity contribution in [2.45, 2.75) is 56.4 Å². The molecule has 130 valence electrons. The highest BCUT2D eigenvalue weighted by atomic mass is 32.2. The lowest BCUT2D eigenvalue weighted by atomic mass is 10.0. The minimum atomic E-state index is -3.66. The molecule has 1 aliphatic heterocycles. The van der Waals surface area contributed by atoms with Crippen LogP contribution in [-0.4, -0.2) is 26.2 Å². The van der Waals surface area contributed by atoms with E-state index in [0.29, 0.717) is 30.4 Å². The number of nitrogens with zero attached hydrogens (tertiary/aromatic N) is 1. The van der Waals surface area contributed by atoms with Gasteiger partial charge in [0.25, 0.3) is 10.0 Å². The normalized spacial score (nSPS) is 20.6. The number of carbonyl (C=O) groups excluding carboxylic acids is 1. The van der Waals surface area contributed by atoms with Crippen LogP contribution < -0.4 is 10.6 Å². The van der Waals surface area contributed by atoms with Gasteiger partial charge < -0.3 is 10.6 Å². The van der Waals surface area contributed by atoms with E-state index in [4.69, 9.17) is 0 Å². The third-order valence-electron chi connectivity index (χ3n) is 4.47. The predicted molar refractivity (Wildman–Crippen MR) is 93.5 cm³/mol. The molecule has 7 heteroatoms. The van der Waals surface area contributed by atoms with Crippen LogP contribution in [0.25, 0.3) is 0 Å². The van der Waals surface area contributed by atoms with Crippen LogP contribution in [0, 0.1) is 5.92 Å². The van der Waals surface area contributed by atoms with Crippen molar-refractivity contribution in [3.05, 3.63) is 24.3 Å². The lowest BCUT2D eigenvalue weighted by Crippen LogP contribution is -2.34. The van der Waals surface area contributed by atoms with E-state index in [-0.39, 0.29) is 16.7 Å². The summed E-state index contributed by atoms with van der Waals surface area (Å²) in [6.45, 7) is 1.94. The number of hydrogen-bond acceptors (Lipinski definition) is 4. The van der Waals surface area contributed by atoms with Crippen molar-refractivity contribution in [3.63, 3.8) is 0 Å². The molecule has 0 radical (unpaired) electrons. The summed E-state index contributed by atoms with van der Waals surface area (Å²) in [7, 11) is -3.66. The van der Waals surface area contributed by atoms with Gasteiger partial charge in [-0.25, -0.2) is 0 Å². The van der Waals surface area contributed by atoms with Gasteiger partial charge >= 0.3 is 0 Å². The third-order valence-corrected chi connectivity index (χ3v) is 5.84.